The average molecular weight is 350 g/mol. The normalized spacial score (nSPS) is 12.5. The second-order valence-electron chi connectivity index (χ2n) is 2.76. The molecular formula is C4H16O12P2S. The topological polar surface area (TPSA) is 236 Å². The van der Waals surface area contributed by atoms with E-state index in [1.54, 1.807) is 0 Å². The predicted molar refractivity (Wildman–Crippen MR) is 64.4 cm³/mol. The molecule has 120 valence electrons. The Labute approximate surface area is 111 Å². The van der Waals surface area contributed by atoms with Crippen molar-refractivity contribution >= 4 is 28.9 Å². The second-order valence-corrected chi connectivity index (χ2v) is 5.36. The van der Waals surface area contributed by atoms with Crippen LogP contribution in [-0.2, 0) is 10.4 Å². The van der Waals surface area contributed by atoms with Gasteiger partial charge in [0.2, 0.25) is 23.6 Å². The molecule has 0 aromatic heterocycles. The standard InChI is InChI=1S/2C2H7O4P.H2O4S/c2*3-1(4)2(5,6)7;1-5(2,3)4/h2*1,3-6H,7H2;(H2,1,2,3,4). The monoisotopic (exact) mass is 350 g/mol. The fraction of sp³-hybridized carbons (Fsp3) is 1.00. The molecule has 19 heavy (non-hydrogen) atoms. The fourth-order valence-electron chi connectivity index (χ4n) is 0. The number of hydrogen-bond acceptors (Lipinski definition) is 10. The fourth-order valence-corrected chi connectivity index (χ4v) is 0. The van der Waals surface area contributed by atoms with Gasteiger partial charge in [-0.15, -0.1) is 0 Å². The van der Waals surface area contributed by atoms with Gasteiger partial charge >= 0.3 is 10.4 Å². The van der Waals surface area contributed by atoms with Crippen LogP contribution in [0.15, 0.2) is 0 Å². The van der Waals surface area contributed by atoms with Gasteiger partial charge in [-0.3, -0.25) is 9.11 Å². The molecule has 0 radical (unpaired) electrons. The lowest BCUT2D eigenvalue weighted by Crippen LogP contribution is -2.34. The van der Waals surface area contributed by atoms with Crippen LogP contribution in [0.5, 0.6) is 0 Å². The van der Waals surface area contributed by atoms with E-state index in [-0.39, 0.29) is 0 Å². The first kappa shape index (κ1) is 24.4. The Hall–Kier alpha value is 0.410. The summed E-state index contributed by atoms with van der Waals surface area (Å²) in [5.41, 5.74) is -4.94. The molecule has 0 bridgehead atoms. The van der Waals surface area contributed by atoms with Crippen LogP contribution in [0, 0.1) is 0 Å². The first-order valence-corrected chi connectivity index (χ1v) is 6.33. The Morgan fingerprint density at radius 1 is 0.737 bits per heavy atom. The van der Waals surface area contributed by atoms with Crippen molar-refractivity contribution < 1.29 is 58.4 Å². The van der Waals surface area contributed by atoms with E-state index in [1.807, 2.05) is 0 Å². The molecule has 0 aromatic carbocycles. The smallest absolute Gasteiger partial charge is 0.364 e. The van der Waals surface area contributed by atoms with Crippen molar-refractivity contribution in [2.75, 3.05) is 0 Å². The zero-order chi connectivity index (χ0) is 16.7. The maximum absolute atomic E-state index is 8.74. The summed E-state index contributed by atoms with van der Waals surface area (Å²) in [5, 5.41) is 64.1. The van der Waals surface area contributed by atoms with Crippen molar-refractivity contribution in [3.63, 3.8) is 0 Å². The maximum atomic E-state index is 8.74. The summed E-state index contributed by atoms with van der Waals surface area (Å²) >= 11 is 0. The molecule has 0 amide bonds. The highest BCUT2D eigenvalue weighted by molar-refractivity contribution is 7.79. The zero-order valence-electron chi connectivity index (χ0n) is 9.01. The quantitative estimate of drug-likeness (QED) is 0.128. The summed E-state index contributed by atoms with van der Waals surface area (Å²) in [7, 11) is -1.78. The van der Waals surface area contributed by atoms with E-state index in [0.29, 0.717) is 0 Å². The third kappa shape index (κ3) is 32.2. The van der Waals surface area contributed by atoms with Gasteiger partial charge in [-0.05, 0) is 0 Å². The summed E-state index contributed by atoms with van der Waals surface area (Å²) in [6.45, 7) is 0. The Morgan fingerprint density at radius 2 is 0.789 bits per heavy atom. The second kappa shape index (κ2) is 9.37. The van der Waals surface area contributed by atoms with Crippen LogP contribution < -0.4 is 0 Å². The Balaban J connectivity index is -0.000000206. The Kier molecular flexibility index (Phi) is 12.0. The summed E-state index contributed by atoms with van der Waals surface area (Å²) in [5.74, 6) is 0. The number of hydrogen-bond donors (Lipinski definition) is 10. The average Bonchev–Trinajstić information content (AvgIpc) is 1.97. The van der Waals surface area contributed by atoms with Crippen LogP contribution >= 0.6 is 18.5 Å². The molecule has 0 saturated heterocycles. The van der Waals surface area contributed by atoms with Gasteiger partial charge in [-0.2, -0.15) is 8.42 Å². The zero-order valence-corrected chi connectivity index (χ0v) is 12.1. The molecule has 0 fully saturated rings. The van der Waals surface area contributed by atoms with Crippen molar-refractivity contribution in [1.29, 1.82) is 0 Å². The molecule has 0 aromatic rings. The molecule has 0 rings (SSSR count). The molecule has 0 saturated carbocycles. The molecule has 2 atom stereocenters. The van der Waals surface area contributed by atoms with E-state index in [9.17, 15) is 0 Å². The van der Waals surface area contributed by atoms with Gasteiger partial charge in [0, 0.05) is 0 Å². The molecule has 0 heterocycles. The molecular weight excluding hydrogens is 334 g/mol. The van der Waals surface area contributed by atoms with E-state index in [1.165, 1.54) is 18.5 Å². The van der Waals surface area contributed by atoms with E-state index in [2.05, 4.69) is 0 Å². The van der Waals surface area contributed by atoms with Gasteiger partial charge in [0.25, 0.3) is 0 Å². The van der Waals surface area contributed by atoms with Crippen LogP contribution in [-0.4, -0.2) is 82.0 Å². The minimum Gasteiger partial charge on any atom is -0.364 e. The summed E-state index contributed by atoms with van der Waals surface area (Å²) in [4.78, 5) is 0. The third-order valence-corrected chi connectivity index (χ3v) is 1.36. The highest BCUT2D eigenvalue weighted by Gasteiger charge is 2.24. The summed E-state index contributed by atoms with van der Waals surface area (Å²) in [6, 6.07) is 0. The van der Waals surface area contributed by atoms with Gasteiger partial charge in [0.1, 0.15) is 0 Å². The van der Waals surface area contributed by atoms with Gasteiger partial charge in [-0.1, -0.05) is 18.5 Å². The predicted octanol–water partition coefficient (Wildman–Crippen LogP) is -5.03. The lowest BCUT2D eigenvalue weighted by atomic mass is 10.6. The molecule has 12 nitrogen and oxygen atoms in total. The van der Waals surface area contributed by atoms with Gasteiger partial charge in [0.15, 0.2) is 0 Å². The minimum absolute atomic E-state index is 1.44. The molecule has 0 spiro atoms. The first-order valence-electron chi connectivity index (χ1n) is 3.78. The highest BCUT2D eigenvalue weighted by atomic mass is 32.3. The Bertz CT molecular complexity index is 286. The van der Waals surface area contributed by atoms with Gasteiger partial charge < -0.3 is 40.9 Å². The van der Waals surface area contributed by atoms with Crippen molar-refractivity contribution in [2.24, 2.45) is 0 Å². The van der Waals surface area contributed by atoms with Gasteiger partial charge in [0.05, 0.1) is 0 Å². The van der Waals surface area contributed by atoms with E-state index >= 15 is 0 Å². The van der Waals surface area contributed by atoms with Crippen LogP contribution in [0.25, 0.3) is 0 Å². The molecule has 15 heteroatoms. The summed E-state index contributed by atoms with van der Waals surface area (Å²) in [6.07, 6.45) is -4.25. The summed E-state index contributed by atoms with van der Waals surface area (Å²) < 4.78 is 31.6. The molecule has 10 N–H and O–H groups in total. The van der Waals surface area contributed by atoms with Crippen LogP contribution in [0.1, 0.15) is 0 Å². The van der Waals surface area contributed by atoms with Crippen molar-refractivity contribution in [3.8, 4) is 0 Å². The van der Waals surface area contributed by atoms with Crippen molar-refractivity contribution in [1.82, 2.24) is 0 Å². The molecule has 0 aliphatic rings. The molecule has 0 aliphatic carbocycles. The molecule has 0 aliphatic heterocycles. The third-order valence-electron chi connectivity index (χ3n) is 0.760. The largest absolute Gasteiger partial charge is 0.394 e. The van der Waals surface area contributed by atoms with Crippen LogP contribution in [0.4, 0.5) is 0 Å². The highest BCUT2D eigenvalue weighted by Crippen LogP contribution is 2.12. The van der Waals surface area contributed by atoms with E-state index in [0.717, 1.165) is 0 Å². The number of aliphatic hydroxyl groups is 8. The lowest BCUT2D eigenvalue weighted by molar-refractivity contribution is -0.233. The van der Waals surface area contributed by atoms with Crippen LogP contribution in [0.3, 0.4) is 0 Å². The number of rotatable bonds is 2. The van der Waals surface area contributed by atoms with E-state index in [4.69, 9.17) is 58.4 Å². The van der Waals surface area contributed by atoms with Crippen molar-refractivity contribution in [2.45, 2.75) is 23.6 Å². The lowest BCUT2D eigenvalue weighted by Gasteiger charge is -2.16. The Morgan fingerprint density at radius 3 is 0.789 bits per heavy atom. The SMILES string of the molecule is O=S(=O)(O)O.OC(O)C(O)(O)P.OC(O)C(O)(O)P. The van der Waals surface area contributed by atoms with Gasteiger partial charge in [-0.25, -0.2) is 0 Å². The van der Waals surface area contributed by atoms with Crippen molar-refractivity contribution in [3.05, 3.63) is 0 Å². The first-order chi connectivity index (χ1) is 7.89. The molecule has 2 unspecified atom stereocenters. The maximum Gasteiger partial charge on any atom is 0.394 e. The van der Waals surface area contributed by atoms with Crippen LogP contribution in [0.2, 0.25) is 0 Å². The minimum atomic E-state index is -4.67. The number of aliphatic hydroxyl groups excluding tert-OH is 2. The van der Waals surface area contributed by atoms with E-state index < -0.39 is 34.0 Å².